The van der Waals surface area contributed by atoms with E-state index in [1.165, 1.54) is 14.7 Å². The molecule has 0 aromatic heterocycles. The third-order valence-corrected chi connectivity index (χ3v) is 18.6. The van der Waals surface area contributed by atoms with Gasteiger partial charge in [-0.3, -0.25) is 40.7 Å². The predicted octanol–water partition coefficient (Wildman–Crippen LogP) is -0.206. The van der Waals surface area contributed by atoms with Crippen molar-refractivity contribution in [3.05, 3.63) is 0 Å². The molecule has 9 aliphatic heterocycles. The molecule has 6 N–H and O–H groups in total. The third-order valence-electron chi connectivity index (χ3n) is 4.83. The van der Waals surface area contributed by atoms with Gasteiger partial charge in [0.1, 0.15) is 60.6 Å². The average molecular weight is 1010 g/mol. The van der Waals surface area contributed by atoms with Gasteiger partial charge in [-0.05, 0) is 0 Å². The van der Waals surface area contributed by atoms with E-state index < -0.39 is 90.6 Å². The quantitative estimate of drug-likeness (QED) is 0.135. The molecule has 0 aromatic rings. The standard InChI is InChI=1S/3C3H8NO10P3.3Na.3H/c3*5-15(6)10-1-4-2-11-17(9,12-3-4)14-16(7,8)13-15;;;;;;/h3*1-3H2,(H,5,6)(H,7,8);;;;;;. The Kier molecular flexibility index (Phi) is 22.5. The van der Waals surface area contributed by atoms with E-state index in [1.54, 1.807) is 0 Å². The van der Waals surface area contributed by atoms with Crippen LogP contribution in [0.4, 0.5) is 0 Å². The van der Waals surface area contributed by atoms with Crippen LogP contribution in [0.1, 0.15) is 0 Å². The van der Waals surface area contributed by atoms with Gasteiger partial charge in [-0.1, -0.05) is 0 Å². The fraction of sp³-hybridized carbons (Fsp3) is 1.00. The minimum absolute atomic E-state index is 0. The summed E-state index contributed by atoms with van der Waals surface area (Å²) in [5, 5.41) is 0. The summed E-state index contributed by atoms with van der Waals surface area (Å²) in [6.45, 7) is -3.37. The van der Waals surface area contributed by atoms with Crippen molar-refractivity contribution in [1.82, 2.24) is 14.7 Å². The van der Waals surface area contributed by atoms with E-state index in [2.05, 4.69) is 66.6 Å². The monoisotopic (exact) mass is 1000 g/mol. The van der Waals surface area contributed by atoms with Crippen LogP contribution in [0.25, 0.3) is 0 Å². The molecule has 0 radical (unpaired) electrons. The number of hydrogen-bond donors (Lipinski definition) is 6. The summed E-state index contributed by atoms with van der Waals surface area (Å²) in [4.78, 5) is 57.9. The number of nitrogens with zero attached hydrogens (tertiary/aromatic N) is 3. The van der Waals surface area contributed by atoms with Gasteiger partial charge in [0.05, 0.1) is 0 Å². The maximum absolute atomic E-state index is 11.6. The number of rotatable bonds is 0. The summed E-state index contributed by atoms with van der Waals surface area (Å²) in [6.07, 6.45) is 0. The van der Waals surface area contributed by atoms with Crippen molar-refractivity contribution in [3.63, 3.8) is 0 Å². The Hall–Kier alpha value is 4.11. The molecular weight excluding hydrogens is 978 g/mol. The van der Waals surface area contributed by atoms with Gasteiger partial charge in [-0.15, -0.1) is 0 Å². The molecule has 0 aliphatic carbocycles. The first-order valence-corrected chi connectivity index (χ1v) is 25.5. The van der Waals surface area contributed by atoms with Crippen LogP contribution in [0.2, 0.25) is 0 Å². The molecule has 9 rings (SSSR count). The molecule has 9 heterocycles. The fourth-order valence-electron chi connectivity index (χ4n) is 2.85. The summed E-state index contributed by atoms with van der Waals surface area (Å²) < 4.78 is 166. The predicted molar refractivity (Wildman–Crippen MR) is 169 cm³/mol. The summed E-state index contributed by atoms with van der Waals surface area (Å²) in [7, 11) is -42.6. The molecule has 6 bridgehead atoms. The van der Waals surface area contributed by atoms with E-state index in [-0.39, 0.29) is 129 Å². The molecule has 9 aliphatic rings. The molecule has 0 spiro atoms. The Morgan fingerprint density at radius 2 is 0.444 bits per heavy atom. The van der Waals surface area contributed by atoms with Crippen molar-refractivity contribution in [1.29, 1.82) is 0 Å². The second-order valence-corrected chi connectivity index (χ2v) is 23.5. The molecule has 33 nitrogen and oxygen atoms in total. The summed E-state index contributed by atoms with van der Waals surface area (Å²) >= 11 is 0. The maximum atomic E-state index is 11.6. The first kappa shape index (κ1) is 56.1. The van der Waals surface area contributed by atoms with Crippen LogP contribution in [-0.4, -0.2) is 193 Å². The number of hydrogen-bond acceptors (Lipinski definition) is 27. The Bertz CT molecular complexity index is 1520. The van der Waals surface area contributed by atoms with E-state index in [0.717, 1.165) is 0 Å². The zero-order valence-electron chi connectivity index (χ0n) is 24.2. The Balaban J connectivity index is 0.000000394. The number of phosphoric ester groups is 6. The molecule has 0 saturated carbocycles. The van der Waals surface area contributed by atoms with Gasteiger partial charge in [0.15, 0.2) is 0 Å². The van der Waals surface area contributed by atoms with Crippen molar-refractivity contribution in [2.24, 2.45) is 0 Å². The van der Waals surface area contributed by atoms with Gasteiger partial charge in [-0.25, -0.2) is 55.8 Å². The average Bonchev–Trinajstić information content (AvgIpc) is 2.93. The van der Waals surface area contributed by atoms with Crippen LogP contribution in [0.3, 0.4) is 0 Å². The van der Waals surface area contributed by atoms with Crippen molar-refractivity contribution >= 4 is 159 Å². The molecule has 9 fully saturated rings. The van der Waals surface area contributed by atoms with Crippen LogP contribution in [-0.2, 0) is 108 Å². The number of fused-ring (bicyclic) bond motifs is 21. The van der Waals surface area contributed by atoms with Gasteiger partial charge in [-0.2, -0.15) is 25.9 Å². The Morgan fingerprint density at radius 3 is 0.630 bits per heavy atom. The van der Waals surface area contributed by atoms with Gasteiger partial charge in [0.2, 0.25) is 0 Å². The topological polar surface area (TPSA) is 423 Å². The van der Waals surface area contributed by atoms with E-state index >= 15 is 0 Å². The molecule has 0 aromatic carbocycles. The molecular formula is C9H27N3Na3O30P9. The van der Waals surface area contributed by atoms with Crippen LogP contribution in [0, 0.1) is 0 Å². The molecule has 54 heavy (non-hydrogen) atoms. The molecule has 6 atom stereocenters. The molecule has 0 amide bonds. The van der Waals surface area contributed by atoms with Crippen LogP contribution < -0.4 is 0 Å². The van der Waals surface area contributed by atoms with Crippen LogP contribution >= 0.6 is 70.4 Å². The van der Waals surface area contributed by atoms with Gasteiger partial charge in [0.25, 0.3) is 0 Å². The second kappa shape index (κ2) is 21.7. The van der Waals surface area contributed by atoms with Gasteiger partial charge < -0.3 is 29.4 Å². The van der Waals surface area contributed by atoms with E-state index in [1.807, 2.05) is 0 Å². The van der Waals surface area contributed by atoms with Crippen LogP contribution in [0.15, 0.2) is 0 Å². The zero-order valence-corrected chi connectivity index (χ0v) is 32.3. The summed E-state index contributed by atoms with van der Waals surface area (Å²) in [5.74, 6) is 0. The molecule has 6 unspecified atom stereocenters. The van der Waals surface area contributed by atoms with E-state index in [4.69, 9.17) is 29.4 Å². The van der Waals surface area contributed by atoms with Crippen molar-refractivity contribution in [2.75, 3.05) is 60.6 Å². The molecule has 9 saturated heterocycles. The normalized spacial score (nSPS) is 49.3. The van der Waals surface area contributed by atoms with Crippen LogP contribution in [0.5, 0.6) is 0 Å². The van der Waals surface area contributed by atoms with E-state index in [0.29, 0.717) is 0 Å². The Labute approximate surface area is 368 Å². The Morgan fingerprint density at radius 1 is 0.278 bits per heavy atom. The van der Waals surface area contributed by atoms with Gasteiger partial charge >= 0.3 is 159 Å². The first-order valence-electron chi connectivity index (χ1n) is 12.1. The van der Waals surface area contributed by atoms with E-state index in [9.17, 15) is 41.1 Å². The number of phosphoric acid groups is 9. The van der Waals surface area contributed by atoms with Crippen molar-refractivity contribution in [3.8, 4) is 0 Å². The SMILES string of the molecule is O=P1(O)OCN2COP(=O)(OC2)OP(=O)(O)O1.O=P1(O)OCN2COP(=O)(OC2)OP(=O)(O)O1.O=P1(O)OCN2COP(=O)(OC2)OP(=O)(O)O1.[NaH].[NaH].[NaH]. The first-order chi connectivity index (χ1) is 23.1. The third kappa shape index (κ3) is 19.2. The second-order valence-electron chi connectivity index (χ2n) is 8.98. The van der Waals surface area contributed by atoms with Crippen molar-refractivity contribution in [2.45, 2.75) is 0 Å². The summed E-state index contributed by atoms with van der Waals surface area (Å²) in [6, 6.07) is 0. The molecule has 45 heteroatoms. The molecule has 306 valence electrons. The zero-order chi connectivity index (χ0) is 38.2. The minimum atomic E-state index is -5.11. The summed E-state index contributed by atoms with van der Waals surface area (Å²) in [5.41, 5.74) is 0. The fourth-order valence-corrected chi connectivity index (χ4v) is 14.9. The van der Waals surface area contributed by atoms with Gasteiger partial charge in [0, 0.05) is 0 Å². The van der Waals surface area contributed by atoms with Crippen molar-refractivity contribution < 1.29 is 137 Å².